The van der Waals surface area contributed by atoms with Crippen molar-refractivity contribution < 1.29 is 4.79 Å². The van der Waals surface area contributed by atoms with Gasteiger partial charge in [0.2, 0.25) is 4.96 Å². The van der Waals surface area contributed by atoms with Crippen molar-refractivity contribution in [2.45, 2.75) is 13.8 Å². The van der Waals surface area contributed by atoms with E-state index in [-0.39, 0.29) is 21.1 Å². The molecule has 1 aromatic carbocycles. The van der Waals surface area contributed by atoms with Crippen LogP contribution >= 0.6 is 27.3 Å². The second kappa shape index (κ2) is 5.57. The minimum absolute atomic E-state index is 0.139. The van der Waals surface area contributed by atoms with Crippen LogP contribution in [0.1, 0.15) is 18.2 Å². The topological polar surface area (TPSA) is 84.6 Å². The van der Waals surface area contributed by atoms with Gasteiger partial charge in [-0.2, -0.15) is 14.6 Å². The van der Waals surface area contributed by atoms with Gasteiger partial charge in [-0.05, 0) is 32.0 Å². The van der Waals surface area contributed by atoms with Crippen LogP contribution in [0.4, 0.5) is 5.69 Å². The maximum absolute atomic E-state index is 12.9. The Labute approximate surface area is 153 Å². The first-order chi connectivity index (χ1) is 11.9. The quantitative estimate of drug-likeness (QED) is 0.585. The number of likely N-dealkylation sites (N-methyl/N-ethyl adjacent to an activating group) is 1. The Bertz CT molecular complexity index is 1230. The smallest absolute Gasteiger partial charge is 0.295 e. The number of amides is 1. The molecular weight excluding hydrogens is 408 g/mol. The predicted octanol–water partition coefficient (Wildman–Crippen LogP) is 0.867. The molecule has 0 atom stereocenters. The molecule has 0 N–H and O–H groups in total. The average molecular weight is 419 g/mol. The van der Waals surface area contributed by atoms with Gasteiger partial charge in [-0.25, -0.2) is 0 Å². The number of halogens is 1. The van der Waals surface area contributed by atoms with E-state index in [9.17, 15) is 14.4 Å². The van der Waals surface area contributed by atoms with Gasteiger partial charge < -0.3 is 4.90 Å². The minimum atomic E-state index is -0.478. The van der Waals surface area contributed by atoms with Crippen molar-refractivity contribution in [3.05, 3.63) is 59.2 Å². The molecular formula is C16H11BrN4O3S. The Morgan fingerprint density at radius 1 is 1.24 bits per heavy atom. The SMILES string of the molecule is CCN1C(=O)C(=c2sc3nc(=O)c(C)nn3c2=O)c2cc(Br)ccc21. The van der Waals surface area contributed by atoms with Crippen LogP contribution in [0.2, 0.25) is 0 Å². The molecule has 3 heterocycles. The van der Waals surface area contributed by atoms with Crippen LogP contribution in [-0.2, 0) is 4.79 Å². The molecule has 126 valence electrons. The number of hydrogen-bond donors (Lipinski definition) is 0. The number of hydrogen-bond acceptors (Lipinski definition) is 6. The number of benzene rings is 1. The standard InChI is InChI=1S/C16H11BrN4O3S/c1-3-20-10-5-4-8(17)6-9(10)11(14(20)23)12-15(24)21-16(25-12)18-13(22)7(2)19-21/h4-6H,3H2,1-2H3. The van der Waals surface area contributed by atoms with Crippen molar-refractivity contribution in [3.63, 3.8) is 0 Å². The fraction of sp³-hybridized carbons (Fsp3) is 0.188. The molecule has 7 nitrogen and oxygen atoms in total. The number of rotatable bonds is 1. The first kappa shape index (κ1) is 16.1. The van der Waals surface area contributed by atoms with Crippen molar-refractivity contribution in [2.75, 3.05) is 11.4 Å². The summed E-state index contributed by atoms with van der Waals surface area (Å²) in [6.07, 6.45) is 0. The molecule has 2 aromatic heterocycles. The lowest BCUT2D eigenvalue weighted by Crippen LogP contribution is -2.33. The summed E-state index contributed by atoms with van der Waals surface area (Å²) in [7, 11) is 0. The molecule has 0 spiro atoms. The van der Waals surface area contributed by atoms with Gasteiger partial charge in [0, 0.05) is 16.6 Å². The Kier molecular flexibility index (Phi) is 3.58. The van der Waals surface area contributed by atoms with Crippen LogP contribution in [0.3, 0.4) is 0 Å². The Balaban J connectivity index is 2.17. The van der Waals surface area contributed by atoms with Crippen LogP contribution in [-0.4, -0.2) is 27.0 Å². The number of thiazole rings is 1. The van der Waals surface area contributed by atoms with E-state index < -0.39 is 11.1 Å². The first-order valence-corrected chi connectivity index (χ1v) is 9.10. The molecule has 1 aliphatic heterocycles. The number of aryl methyl sites for hydroxylation is 1. The molecule has 0 aliphatic carbocycles. The Hall–Kier alpha value is -2.39. The molecule has 25 heavy (non-hydrogen) atoms. The number of carbonyl (C=O) groups is 1. The summed E-state index contributed by atoms with van der Waals surface area (Å²) in [6.45, 7) is 3.86. The number of anilines is 1. The van der Waals surface area contributed by atoms with Crippen LogP contribution < -0.4 is 20.6 Å². The molecule has 3 aromatic rings. The van der Waals surface area contributed by atoms with E-state index in [1.807, 2.05) is 25.1 Å². The summed E-state index contributed by atoms with van der Waals surface area (Å²) in [6, 6.07) is 5.51. The molecule has 4 rings (SSSR count). The van der Waals surface area contributed by atoms with E-state index in [1.165, 1.54) is 6.92 Å². The van der Waals surface area contributed by atoms with Crippen LogP contribution in [0.5, 0.6) is 0 Å². The Morgan fingerprint density at radius 3 is 2.72 bits per heavy atom. The number of aromatic nitrogens is 3. The van der Waals surface area contributed by atoms with Crippen molar-refractivity contribution in [3.8, 4) is 0 Å². The predicted molar refractivity (Wildman–Crippen MR) is 98.0 cm³/mol. The van der Waals surface area contributed by atoms with Gasteiger partial charge in [0.05, 0.1) is 11.3 Å². The van der Waals surface area contributed by atoms with Crippen LogP contribution in [0.25, 0.3) is 10.5 Å². The van der Waals surface area contributed by atoms with Crippen molar-refractivity contribution in [1.29, 1.82) is 0 Å². The van der Waals surface area contributed by atoms with Gasteiger partial charge in [0.15, 0.2) is 0 Å². The highest BCUT2D eigenvalue weighted by Gasteiger charge is 2.33. The van der Waals surface area contributed by atoms with Gasteiger partial charge in [0.25, 0.3) is 17.0 Å². The van der Waals surface area contributed by atoms with E-state index in [0.717, 1.165) is 26.0 Å². The second-order valence-corrected chi connectivity index (χ2v) is 7.41. The highest BCUT2D eigenvalue weighted by atomic mass is 79.9. The lowest BCUT2D eigenvalue weighted by molar-refractivity contribution is -0.113. The molecule has 9 heteroatoms. The number of nitrogens with zero attached hydrogens (tertiary/aromatic N) is 4. The maximum Gasteiger partial charge on any atom is 0.295 e. The van der Waals surface area contributed by atoms with E-state index in [2.05, 4.69) is 26.0 Å². The summed E-state index contributed by atoms with van der Waals surface area (Å²) in [5.74, 6) is -0.237. The summed E-state index contributed by atoms with van der Waals surface area (Å²) in [4.78, 5) is 43.1. The van der Waals surface area contributed by atoms with E-state index in [1.54, 1.807) is 4.90 Å². The summed E-state index contributed by atoms with van der Waals surface area (Å²) in [5.41, 5.74) is 0.987. The van der Waals surface area contributed by atoms with Gasteiger partial charge >= 0.3 is 0 Å². The van der Waals surface area contributed by atoms with Crippen molar-refractivity contribution in [2.24, 2.45) is 0 Å². The third kappa shape index (κ3) is 2.26. The zero-order valence-corrected chi connectivity index (χ0v) is 15.6. The molecule has 0 unspecified atom stereocenters. The fourth-order valence-electron chi connectivity index (χ4n) is 2.87. The van der Waals surface area contributed by atoms with Crippen molar-refractivity contribution in [1.82, 2.24) is 14.6 Å². The van der Waals surface area contributed by atoms with Crippen LogP contribution in [0.15, 0.2) is 32.3 Å². The number of carbonyl (C=O) groups excluding carboxylic acids is 1. The van der Waals surface area contributed by atoms with E-state index >= 15 is 0 Å². The lowest BCUT2D eigenvalue weighted by Gasteiger charge is -2.13. The highest BCUT2D eigenvalue weighted by molar-refractivity contribution is 9.10. The van der Waals surface area contributed by atoms with Gasteiger partial charge in [-0.15, -0.1) is 0 Å². The maximum atomic E-state index is 12.9. The third-order valence-electron chi connectivity index (χ3n) is 4.04. The first-order valence-electron chi connectivity index (χ1n) is 7.49. The molecule has 0 saturated heterocycles. The summed E-state index contributed by atoms with van der Waals surface area (Å²) < 4.78 is 2.14. The molecule has 0 radical (unpaired) electrons. The van der Waals surface area contributed by atoms with Gasteiger partial charge in [-0.1, -0.05) is 27.3 Å². The zero-order valence-electron chi connectivity index (χ0n) is 13.2. The van der Waals surface area contributed by atoms with Crippen LogP contribution in [0, 0.1) is 6.92 Å². The van der Waals surface area contributed by atoms with Crippen molar-refractivity contribution >= 4 is 49.4 Å². The molecule has 0 saturated carbocycles. The highest BCUT2D eigenvalue weighted by Crippen LogP contribution is 2.36. The van der Waals surface area contributed by atoms with Gasteiger partial charge in [-0.3, -0.25) is 14.4 Å². The zero-order chi connectivity index (χ0) is 17.9. The second-order valence-electron chi connectivity index (χ2n) is 5.52. The number of fused-ring (bicyclic) bond motifs is 2. The largest absolute Gasteiger partial charge is 0.308 e. The van der Waals surface area contributed by atoms with E-state index in [0.29, 0.717) is 17.7 Å². The van der Waals surface area contributed by atoms with Gasteiger partial charge in [0.1, 0.15) is 10.2 Å². The summed E-state index contributed by atoms with van der Waals surface area (Å²) >= 11 is 4.42. The third-order valence-corrected chi connectivity index (χ3v) is 5.56. The fourth-order valence-corrected chi connectivity index (χ4v) is 4.23. The lowest BCUT2D eigenvalue weighted by atomic mass is 10.1. The monoisotopic (exact) mass is 418 g/mol. The Morgan fingerprint density at radius 2 is 2.00 bits per heavy atom. The minimum Gasteiger partial charge on any atom is -0.308 e. The molecule has 0 bridgehead atoms. The molecule has 1 amide bonds. The average Bonchev–Trinajstić information content (AvgIpc) is 3.02. The molecule has 0 fully saturated rings. The van der Waals surface area contributed by atoms with E-state index in [4.69, 9.17) is 0 Å². The molecule has 1 aliphatic rings. The normalized spacial score (nSPS) is 16.0. The summed E-state index contributed by atoms with van der Waals surface area (Å²) in [5, 5.41) is 4.00.